The van der Waals surface area contributed by atoms with Gasteiger partial charge in [-0.3, -0.25) is 4.99 Å². The Morgan fingerprint density at radius 3 is 2.47 bits per heavy atom. The van der Waals surface area contributed by atoms with Gasteiger partial charge >= 0.3 is 26.2 Å². The molecule has 0 amide bonds. The van der Waals surface area contributed by atoms with Crippen molar-refractivity contribution in [2.24, 2.45) is 4.99 Å². The topological polar surface area (TPSA) is 26.5 Å². The fraction of sp³-hybridized carbons (Fsp3) is 0.0833. The molecule has 0 bridgehead atoms. The predicted molar refractivity (Wildman–Crippen MR) is 63.6 cm³/mol. The van der Waals surface area contributed by atoms with Crippen LogP contribution in [0.4, 0.5) is 0 Å². The van der Waals surface area contributed by atoms with Gasteiger partial charge in [0.05, 0.1) is 0 Å². The van der Waals surface area contributed by atoms with E-state index >= 15 is 0 Å². The van der Waals surface area contributed by atoms with Crippen molar-refractivity contribution < 1.29 is 26.2 Å². The van der Waals surface area contributed by atoms with E-state index in [4.69, 9.17) is 0 Å². The second-order valence-corrected chi connectivity index (χ2v) is 2.63. The molecule has 15 heavy (non-hydrogen) atoms. The van der Waals surface area contributed by atoms with Crippen molar-refractivity contribution in [3.8, 4) is 0 Å². The first kappa shape index (κ1) is 16.7. The van der Waals surface area contributed by atoms with Crippen molar-refractivity contribution in [3.05, 3.63) is 50.9 Å². The number of benzene rings is 1. The molecule has 0 N–H and O–H groups in total. The molecule has 2 rings (SSSR count). The van der Waals surface area contributed by atoms with Crippen molar-refractivity contribution in [3.63, 3.8) is 0 Å². The number of hydrogen-bond donors (Lipinski definition) is 0. The number of fused-ring (bicyclic) bond motifs is 1. The molecule has 1 aromatic carbocycles. The summed E-state index contributed by atoms with van der Waals surface area (Å²) in [6, 6.07) is 10.1. The van der Waals surface area contributed by atoms with E-state index in [1.807, 2.05) is 24.3 Å². The summed E-state index contributed by atoms with van der Waals surface area (Å²) in [6.07, 6.45) is 1.76. The summed E-state index contributed by atoms with van der Waals surface area (Å²) < 4.78 is 0. The summed E-state index contributed by atoms with van der Waals surface area (Å²) in [5.41, 5.74) is 1.96. The molecule has 0 aliphatic rings. The number of nitrogens with zero attached hydrogens (tertiary/aromatic N) is 2. The summed E-state index contributed by atoms with van der Waals surface area (Å²) in [6.45, 7) is 0. The zero-order valence-electron chi connectivity index (χ0n) is 9.36. The quantitative estimate of drug-likeness (QED) is 0.582. The maximum absolute atomic E-state index is 4.35. The van der Waals surface area contributed by atoms with Crippen molar-refractivity contribution in [2.75, 3.05) is 7.05 Å². The van der Waals surface area contributed by atoms with Gasteiger partial charge in [0.2, 0.25) is 0 Å². The number of hydrogen-bond acceptors (Lipinski definition) is 1. The normalized spacial score (nSPS) is 9.13. The minimum atomic E-state index is 0. The Kier molecular flexibility index (Phi) is 8.46. The molecule has 3 heteroatoms. The molecule has 0 saturated carbocycles. The molecule has 0 aliphatic heterocycles. The van der Waals surface area contributed by atoms with Crippen LogP contribution in [0.1, 0.15) is 5.69 Å². The molecule has 0 unspecified atom stereocenters. The van der Waals surface area contributed by atoms with E-state index in [0.717, 1.165) is 11.2 Å². The average Bonchev–Trinajstić information content (AvgIpc) is 2.47. The molecule has 0 aliphatic carbocycles. The van der Waals surface area contributed by atoms with E-state index < -0.39 is 0 Å². The molecule has 0 atom stereocenters. The SMILES string of the molecule is CN=Cc1cc2ccccc2[n-]1.[CH3-].[CH3-].[Zr+3]. The molecule has 0 spiro atoms. The summed E-state index contributed by atoms with van der Waals surface area (Å²) >= 11 is 0. The molecule has 77 valence electrons. The number of aromatic nitrogens is 1. The molecular weight excluding hydrogens is 263 g/mol. The van der Waals surface area contributed by atoms with Gasteiger partial charge in [-0.05, 0) is 5.39 Å². The fourth-order valence-corrected chi connectivity index (χ4v) is 1.24. The van der Waals surface area contributed by atoms with Crippen LogP contribution in [0.2, 0.25) is 0 Å². The molecule has 1 radical (unpaired) electrons. The van der Waals surface area contributed by atoms with Gasteiger partial charge in [0.15, 0.2) is 0 Å². The van der Waals surface area contributed by atoms with Gasteiger partial charge in [0.1, 0.15) is 0 Å². The van der Waals surface area contributed by atoms with Gasteiger partial charge in [-0.1, -0.05) is 30.3 Å². The maximum atomic E-state index is 4.35. The van der Waals surface area contributed by atoms with Crippen LogP contribution in [0.25, 0.3) is 10.9 Å². The summed E-state index contributed by atoms with van der Waals surface area (Å²) in [5.74, 6) is 0. The zero-order chi connectivity index (χ0) is 8.39. The Morgan fingerprint density at radius 1 is 1.20 bits per heavy atom. The Morgan fingerprint density at radius 2 is 1.87 bits per heavy atom. The summed E-state index contributed by atoms with van der Waals surface area (Å²) in [5, 5.41) is 1.17. The molecule has 0 fully saturated rings. The Labute approximate surface area is 111 Å². The smallest absolute Gasteiger partial charge is 0.656 e. The van der Waals surface area contributed by atoms with Crippen molar-refractivity contribution >= 4 is 17.1 Å². The first-order chi connectivity index (χ1) is 5.90. The van der Waals surface area contributed by atoms with E-state index in [2.05, 4.69) is 16.0 Å². The van der Waals surface area contributed by atoms with E-state index in [-0.39, 0.29) is 41.1 Å². The minimum absolute atomic E-state index is 0. The van der Waals surface area contributed by atoms with Crippen LogP contribution in [-0.4, -0.2) is 13.3 Å². The first-order valence-electron chi connectivity index (χ1n) is 3.85. The van der Waals surface area contributed by atoms with E-state index in [1.54, 1.807) is 13.3 Å². The molecule has 1 aromatic heterocycles. The van der Waals surface area contributed by atoms with Crippen LogP contribution in [0.5, 0.6) is 0 Å². The summed E-state index contributed by atoms with van der Waals surface area (Å²) in [4.78, 5) is 8.27. The number of aliphatic imine (C=N–C) groups is 1. The van der Waals surface area contributed by atoms with Gasteiger partial charge in [0, 0.05) is 13.3 Å². The van der Waals surface area contributed by atoms with Gasteiger partial charge in [-0.15, -0.1) is 11.2 Å². The van der Waals surface area contributed by atoms with Crippen LogP contribution in [0.3, 0.4) is 0 Å². The Hall–Kier alpha value is -0.687. The van der Waals surface area contributed by atoms with E-state index in [1.165, 1.54) is 5.39 Å². The predicted octanol–water partition coefficient (Wildman–Crippen LogP) is 2.74. The molecule has 1 heterocycles. The van der Waals surface area contributed by atoms with Crippen LogP contribution >= 0.6 is 0 Å². The molecule has 2 aromatic rings. The summed E-state index contributed by atoms with van der Waals surface area (Å²) in [7, 11) is 1.75. The van der Waals surface area contributed by atoms with Gasteiger partial charge in [0.25, 0.3) is 0 Å². The third-order valence-electron chi connectivity index (χ3n) is 1.75. The van der Waals surface area contributed by atoms with Crippen molar-refractivity contribution in [1.82, 2.24) is 4.98 Å². The van der Waals surface area contributed by atoms with Crippen molar-refractivity contribution in [2.45, 2.75) is 0 Å². The van der Waals surface area contributed by atoms with Crippen molar-refractivity contribution in [1.29, 1.82) is 0 Å². The van der Waals surface area contributed by atoms with Gasteiger partial charge < -0.3 is 19.8 Å². The molecular formula is C12H15N2Zr. The Balaban J connectivity index is 0. The third kappa shape index (κ3) is 3.75. The second kappa shape index (κ2) is 7.58. The molecule has 0 saturated heterocycles. The number of rotatable bonds is 1. The Bertz CT molecular complexity index is 385. The average molecular weight is 278 g/mol. The van der Waals surface area contributed by atoms with E-state index in [0.29, 0.717) is 0 Å². The van der Waals surface area contributed by atoms with Crippen LogP contribution < -0.4 is 4.98 Å². The zero-order valence-corrected chi connectivity index (χ0v) is 11.8. The van der Waals surface area contributed by atoms with E-state index in [9.17, 15) is 0 Å². The first-order valence-corrected chi connectivity index (χ1v) is 3.85. The van der Waals surface area contributed by atoms with Gasteiger partial charge in [-0.2, -0.15) is 0 Å². The largest absolute Gasteiger partial charge is 3.00 e. The van der Waals surface area contributed by atoms with Crippen LogP contribution in [-0.2, 0) is 26.2 Å². The second-order valence-electron chi connectivity index (χ2n) is 2.63. The monoisotopic (exact) mass is 277 g/mol. The van der Waals surface area contributed by atoms with Crippen LogP contribution in [0.15, 0.2) is 35.3 Å². The third-order valence-corrected chi connectivity index (χ3v) is 1.75. The minimum Gasteiger partial charge on any atom is -0.656 e. The van der Waals surface area contributed by atoms with Crippen LogP contribution in [0, 0.1) is 14.9 Å². The molecule has 2 nitrogen and oxygen atoms in total. The number of para-hydroxylation sites is 1. The standard InChI is InChI=1S/C10H9N2.2CH3.Zr/c1-11-7-9-6-8-4-2-3-5-10(8)12-9;;;/h2-7H,1H3;2*1H3;/q3*-1;+3. The van der Waals surface area contributed by atoms with Gasteiger partial charge in [-0.25, -0.2) is 0 Å². The fourth-order valence-electron chi connectivity index (χ4n) is 1.24. The maximum Gasteiger partial charge on any atom is 3.00 e.